The molecule has 376 valence electrons. The lowest BCUT2D eigenvalue weighted by atomic mass is 10.1. The second-order valence-electron chi connectivity index (χ2n) is 18.7. The van der Waals surface area contributed by atoms with Crippen molar-refractivity contribution >= 4 is 19.7 Å². The number of likely N-dealkylation sites (N-methyl/N-ethyl adjacent to an activating group) is 1. The van der Waals surface area contributed by atoms with Crippen molar-refractivity contribution in [1.29, 1.82) is 0 Å². The van der Waals surface area contributed by atoms with Crippen LogP contribution in [0.4, 0.5) is 0 Å². The van der Waals surface area contributed by atoms with Gasteiger partial charge in [0.2, 0.25) is 5.91 Å². The van der Waals surface area contributed by atoms with Crippen molar-refractivity contribution in [2.24, 2.45) is 0 Å². The summed E-state index contributed by atoms with van der Waals surface area (Å²) in [5, 5.41) is 3.01. The van der Waals surface area contributed by atoms with Gasteiger partial charge in [-0.3, -0.25) is 18.6 Å². The fraction of sp³-hybridized carbons (Fsp3) is 0.745. The number of hydrogen-bond donors (Lipinski definition) is 2. The number of unbranched alkanes of at least 4 members (excludes halogenated alkanes) is 20. The second-order valence-corrected chi connectivity index (χ2v) is 20.1. The van der Waals surface area contributed by atoms with Crippen LogP contribution in [0.3, 0.4) is 0 Å². The Morgan fingerprint density at radius 1 is 0.554 bits per heavy atom. The molecule has 0 heterocycles. The summed E-state index contributed by atoms with van der Waals surface area (Å²) >= 11 is 0. The first kappa shape index (κ1) is 62.4. The van der Waals surface area contributed by atoms with Gasteiger partial charge in [0.05, 0.1) is 33.8 Å². The van der Waals surface area contributed by atoms with Gasteiger partial charge in [0.25, 0.3) is 0 Å². The second kappa shape index (κ2) is 45.2. The van der Waals surface area contributed by atoms with Crippen LogP contribution in [-0.4, -0.2) is 74.3 Å². The number of ether oxygens (including phenoxy) is 1. The van der Waals surface area contributed by atoms with Gasteiger partial charge in [-0.25, -0.2) is 4.57 Å². The quantitative estimate of drug-likeness (QED) is 0.0206. The molecule has 3 unspecified atom stereocenters. The third-order valence-electron chi connectivity index (χ3n) is 11.1. The number of nitrogens with one attached hydrogen (secondary N) is 1. The molecule has 0 bridgehead atoms. The largest absolute Gasteiger partial charge is 0.472 e. The summed E-state index contributed by atoms with van der Waals surface area (Å²) in [5.41, 5.74) is 0. The molecule has 0 aliphatic rings. The van der Waals surface area contributed by atoms with E-state index in [0.29, 0.717) is 23.9 Å². The zero-order valence-corrected chi connectivity index (χ0v) is 43.6. The Balaban J connectivity index is 5.49. The van der Waals surface area contributed by atoms with Crippen molar-refractivity contribution in [3.05, 3.63) is 72.9 Å². The number of amides is 1. The molecule has 0 aliphatic carbocycles. The molecule has 0 fully saturated rings. The van der Waals surface area contributed by atoms with Crippen LogP contribution in [-0.2, 0) is 27.9 Å². The number of rotatable bonds is 46. The van der Waals surface area contributed by atoms with E-state index in [1.54, 1.807) is 0 Å². The average molecular weight is 932 g/mol. The number of nitrogens with zero attached hydrogens (tertiary/aromatic N) is 1. The zero-order valence-electron chi connectivity index (χ0n) is 42.7. The summed E-state index contributed by atoms with van der Waals surface area (Å²) in [6, 6.07) is -0.868. The highest BCUT2D eigenvalue weighted by Gasteiger charge is 2.30. The van der Waals surface area contributed by atoms with Gasteiger partial charge in [0.15, 0.2) is 0 Å². The first-order valence-electron chi connectivity index (χ1n) is 26.3. The summed E-state index contributed by atoms with van der Waals surface area (Å²) in [4.78, 5) is 37.4. The van der Waals surface area contributed by atoms with Gasteiger partial charge in [0, 0.05) is 12.8 Å². The molecule has 0 aliphatic heterocycles. The Morgan fingerprint density at radius 2 is 1.00 bits per heavy atom. The van der Waals surface area contributed by atoms with Gasteiger partial charge in [-0.05, 0) is 89.5 Å². The van der Waals surface area contributed by atoms with Crippen molar-refractivity contribution in [3.8, 4) is 0 Å². The van der Waals surface area contributed by atoms with Crippen molar-refractivity contribution in [2.45, 2.75) is 226 Å². The van der Waals surface area contributed by atoms with Crippen molar-refractivity contribution < 1.29 is 37.3 Å². The van der Waals surface area contributed by atoms with Crippen LogP contribution < -0.4 is 5.32 Å². The molecule has 1 amide bonds. The van der Waals surface area contributed by atoms with E-state index in [9.17, 15) is 19.0 Å². The minimum atomic E-state index is -4.45. The first-order chi connectivity index (χ1) is 31.4. The average Bonchev–Trinajstić information content (AvgIpc) is 3.26. The molecule has 65 heavy (non-hydrogen) atoms. The van der Waals surface area contributed by atoms with E-state index in [4.69, 9.17) is 13.8 Å². The Bertz CT molecular complexity index is 1350. The lowest BCUT2D eigenvalue weighted by molar-refractivity contribution is -0.870. The van der Waals surface area contributed by atoms with E-state index < -0.39 is 20.0 Å². The predicted molar refractivity (Wildman–Crippen MR) is 277 cm³/mol. The smallest absolute Gasteiger partial charge is 0.456 e. The van der Waals surface area contributed by atoms with E-state index >= 15 is 0 Å². The Hall–Kier alpha value is -2.55. The maximum absolute atomic E-state index is 13.4. The van der Waals surface area contributed by atoms with E-state index in [1.165, 1.54) is 64.2 Å². The molecular formula is C55H100N2O7P+. The molecule has 0 aromatic rings. The predicted octanol–water partition coefficient (Wildman–Crippen LogP) is 15.3. The van der Waals surface area contributed by atoms with Gasteiger partial charge in [-0.15, -0.1) is 0 Å². The molecule has 0 aromatic carbocycles. The Morgan fingerprint density at radius 3 is 1.55 bits per heavy atom. The van der Waals surface area contributed by atoms with Crippen LogP contribution in [0.2, 0.25) is 0 Å². The fourth-order valence-electron chi connectivity index (χ4n) is 7.03. The van der Waals surface area contributed by atoms with Crippen LogP contribution in [0.5, 0.6) is 0 Å². The van der Waals surface area contributed by atoms with Crippen molar-refractivity contribution in [2.75, 3.05) is 40.9 Å². The Labute approximate surface area is 400 Å². The van der Waals surface area contributed by atoms with E-state index in [1.807, 2.05) is 33.3 Å². The minimum Gasteiger partial charge on any atom is -0.456 e. The molecule has 0 spiro atoms. The number of hydrogen-bond acceptors (Lipinski definition) is 6. The number of carbonyl (C=O) groups excluding carboxylic acids is 2. The number of allylic oxidation sites excluding steroid dienone is 11. The number of quaternary nitrogens is 1. The molecule has 0 rings (SSSR count). The van der Waals surface area contributed by atoms with Gasteiger partial charge in [-0.1, -0.05) is 184 Å². The summed E-state index contributed by atoms with van der Waals surface area (Å²) in [7, 11) is 1.46. The molecule has 0 saturated heterocycles. The van der Waals surface area contributed by atoms with E-state index in [-0.39, 0.29) is 31.5 Å². The summed E-state index contributed by atoms with van der Waals surface area (Å²) in [6.45, 7) is 6.80. The summed E-state index contributed by atoms with van der Waals surface area (Å²) in [5.74, 6) is -0.559. The molecule has 0 radical (unpaired) electrons. The number of esters is 1. The Kier molecular flexibility index (Phi) is 43.5. The van der Waals surface area contributed by atoms with E-state index in [0.717, 1.165) is 109 Å². The molecule has 0 aromatic heterocycles. The summed E-state index contributed by atoms with van der Waals surface area (Å²) in [6.07, 6.45) is 56.1. The lowest BCUT2D eigenvalue weighted by Gasteiger charge is -2.27. The summed E-state index contributed by atoms with van der Waals surface area (Å²) < 4.78 is 30.5. The standard InChI is InChI=1S/C55H99N2O7P/c1-7-10-13-16-19-22-25-27-28-29-30-33-35-38-41-44-47-54(58)56-52(51-63-65(60,61)62-50-49-57(4,5)6)53(46-43-40-37-34-32-26-23-20-17-14-11-8-2)64-55(59)48-45-42-39-36-31-24-21-18-15-12-9-3/h10,13,18-19,21-22,27-28,30,33,43,46,52-53H,7-9,11-12,14-17,20,23-26,29,31-32,34-42,44-45,47-51H2,1-6H3,(H-,56,58,60,61)/p+1/b13-10+,21-18-,22-19+,28-27+,33-30+,46-43-. The van der Waals surface area contributed by atoms with Crippen molar-refractivity contribution in [1.82, 2.24) is 5.32 Å². The fourth-order valence-corrected chi connectivity index (χ4v) is 7.76. The third-order valence-corrected chi connectivity index (χ3v) is 12.1. The van der Waals surface area contributed by atoms with Gasteiger partial charge >= 0.3 is 13.8 Å². The number of carbonyl (C=O) groups is 2. The van der Waals surface area contributed by atoms with Crippen LogP contribution >= 0.6 is 7.82 Å². The zero-order chi connectivity index (χ0) is 48.0. The van der Waals surface area contributed by atoms with Gasteiger partial charge in [0.1, 0.15) is 19.3 Å². The molecule has 0 saturated carbocycles. The SMILES string of the molecule is CC/C=C/C/C=C/C/C=C/C/C=C/CCCCCC(=O)NC(COP(=O)(O)OCC[N+](C)(C)C)C(/C=C\CCCCCCCCCCCC)OC(=O)CCCCCCC/C=C\CCCC. The number of phosphoric ester groups is 1. The molecule has 9 nitrogen and oxygen atoms in total. The van der Waals surface area contributed by atoms with E-state index in [2.05, 4.69) is 86.8 Å². The maximum Gasteiger partial charge on any atom is 0.472 e. The molecule has 2 N–H and O–H groups in total. The highest BCUT2D eigenvalue weighted by atomic mass is 31.2. The third kappa shape index (κ3) is 46.4. The lowest BCUT2D eigenvalue weighted by Crippen LogP contribution is -2.47. The van der Waals surface area contributed by atoms with Gasteiger partial charge in [-0.2, -0.15) is 0 Å². The minimum absolute atomic E-state index is 0.0298. The highest BCUT2D eigenvalue weighted by molar-refractivity contribution is 7.47. The van der Waals surface area contributed by atoms with Crippen LogP contribution in [0.25, 0.3) is 0 Å². The molecule has 10 heteroatoms. The first-order valence-corrected chi connectivity index (χ1v) is 27.8. The van der Waals surface area contributed by atoms with Crippen molar-refractivity contribution in [3.63, 3.8) is 0 Å². The van der Waals surface area contributed by atoms with Crippen LogP contribution in [0, 0.1) is 0 Å². The topological polar surface area (TPSA) is 111 Å². The molecule has 3 atom stereocenters. The van der Waals surface area contributed by atoms with Crippen LogP contribution in [0.15, 0.2) is 72.9 Å². The number of phosphoric acid groups is 1. The molecular weight excluding hydrogens is 832 g/mol. The monoisotopic (exact) mass is 932 g/mol. The van der Waals surface area contributed by atoms with Crippen LogP contribution in [0.1, 0.15) is 213 Å². The highest BCUT2D eigenvalue weighted by Crippen LogP contribution is 2.43. The van der Waals surface area contributed by atoms with Gasteiger partial charge < -0.3 is 19.4 Å². The maximum atomic E-state index is 13.4. The normalized spacial score (nSPS) is 14.5.